The summed E-state index contributed by atoms with van der Waals surface area (Å²) in [5.41, 5.74) is 7.17. The van der Waals surface area contributed by atoms with Gasteiger partial charge in [-0.25, -0.2) is 4.68 Å². The molecule has 0 fully saturated rings. The third kappa shape index (κ3) is 6.66. The Bertz CT molecular complexity index is 594. The van der Waals surface area contributed by atoms with E-state index >= 15 is 0 Å². The first kappa shape index (κ1) is 19.0. The van der Waals surface area contributed by atoms with Crippen LogP contribution in [0.4, 0.5) is 0 Å². The molecule has 0 saturated carbocycles. The summed E-state index contributed by atoms with van der Waals surface area (Å²) in [5, 5.41) is 8.31. The van der Waals surface area contributed by atoms with E-state index in [1.54, 1.807) is 4.68 Å². The minimum Gasteiger partial charge on any atom is -0.378 e. The van der Waals surface area contributed by atoms with Crippen molar-refractivity contribution in [1.29, 1.82) is 0 Å². The molecule has 1 aromatic heterocycles. The molecule has 0 aliphatic heterocycles. The number of rotatable bonds is 12. The summed E-state index contributed by atoms with van der Waals surface area (Å²) in [6.07, 6.45) is 1.91. The summed E-state index contributed by atoms with van der Waals surface area (Å²) in [7, 11) is 0. The monoisotopic (exact) mass is 398 g/mol. The minimum absolute atomic E-state index is 0.536. The third-order valence-electron chi connectivity index (χ3n) is 3.16. The topological polar surface area (TPSA) is 84.4 Å². The van der Waals surface area contributed by atoms with Crippen LogP contribution in [0.2, 0.25) is 0 Å². The maximum absolute atomic E-state index is 5.52. The summed E-state index contributed by atoms with van der Waals surface area (Å²) in [5.74, 6) is 0. The molecule has 0 atom stereocenters. The molecule has 24 heavy (non-hydrogen) atoms. The van der Waals surface area contributed by atoms with Crippen molar-refractivity contribution < 1.29 is 14.2 Å². The van der Waals surface area contributed by atoms with Crippen LogP contribution in [-0.2, 0) is 20.8 Å². The molecular weight excluding hydrogens is 376 g/mol. The van der Waals surface area contributed by atoms with E-state index in [0.29, 0.717) is 52.7 Å². The van der Waals surface area contributed by atoms with E-state index in [1.165, 1.54) is 0 Å². The van der Waals surface area contributed by atoms with Gasteiger partial charge in [-0.15, -0.1) is 5.10 Å². The highest BCUT2D eigenvalue weighted by Crippen LogP contribution is 2.25. The van der Waals surface area contributed by atoms with Gasteiger partial charge in [0.2, 0.25) is 0 Å². The molecule has 8 heteroatoms. The maximum atomic E-state index is 5.52. The zero-order valence-electron chi connectivity index (χ0n) is 13.6. The minimum atomic E-state index is 0.536. The fourth-order valence-corrected chi connectivity index (χ4v) is 2.47. The van der Waals surface area contributed by atoms with Crippen molar-refractivity contribution in [2.45, 2.75) is 6.54 Å². The van der Waals surface area contributed by atoms with Gasteiger partial charge in [0.15, 0.2) is 0 Å². The zero-order valence-corrected chi connectivity index (χ0v) is 15.2. The number of ether oxygens (including phenoxy) is 3. The lowest BCUT2D eigenvalue weighted by Crippen LogP contribution is -2.14. The van der Waals surface area contributed by atoms with Crippen LogP contribution in [0.25, 0.3) is 11.3 Å². The second kappa shape index (κ2) is 11.3. The van der Waals surface area contributed by atoms with E-state index in [2.05, 4.69) is 26.2 Å². The number of nitrogens with zero attached hydrogens (tertiary/aromatic N) is 3. The first-order valence-electron chi connectivity index (χ1n) is 7.89. The normalized spacial score (nSPS) is 11.1. The van der Waals surface area contributed by atoms with Gasteiger partial charge in [0.25, 0.3) is 0 Å². The molecule has 7 nitrogen and oxygen atoms in total. The number of aromatic nitrogens is 3. The lowest BCUT2D eigenvalue weighted by Gasteiger charge is -2.06. The zero-order chi connectivity index (χ0) is 17.0. The highest BCUT2D eigenvalue weighted by molar-refractivity contribution is 9.10. The standard InChI is InChI=1S/C16H23BrN4O3/c17-15-4-2-1-3-14(15)16-13-21(20-19-16)6-8-23-10-12-24-11-9-22-7-5-18/h1-4,13H,5-12,18H2. The van der Waals surface area contributed by atoms with Crippen molar-refractivity contribution in [1.82, 2.24) is 15.0 Å². The number of hydrogen-bond acceptors (Lipinski definition) is 6. The average Bonchev–Trinajstić information content (AvgIpc) is 3.05. The molecular formula is C16H23BrN4O3. The van der Waals surface area contributed by atoms with E-state index in [4.69, 9.17) is 19.9 Å². The lowest BCUT2D eigenvalue weighted by molar-refractivity contribution is 0.0141. The summed E-state index contributed by atoms with van der Waals surface area (Å²) in [4.78, 5) is 0. The molecule has 0 aliphatic carbocycles. The summed E-state index contributed by atoms with van der Waals surface area (Å²) in [6, 6.07) is 7.93. The van der Waals surface area contributed by atoms with Gasteiger partial charge in [-0.1, -0.05) is 39.3 Å². The summed E-state index contributed by atoms with van der Waals surface area (Å²) >= 11 is 3.52. The largest absolute Gasteiger partial charge is 0.378 e. The Hall–Kier alpha value is -1.32. The van der Waals surface area contributed by atoms with Crippen molar-refractivity contribution in [2.24, 2.45) is 5.73 Å². The van der Waals surface area contributed by atoms with Gasteiger partial charge in [-0.2, -0.15) is 0 Å². The Labute approximate surface area is 150 Å². The van der Waals surface area contributed by atoms with Gasteiger partial charge in [-0.3, -0.25) is 0 Å². The highest BCUT2D eigenvalue weighted by atomic mass is 79.9. The fraction of sp³-hybridized carbons (Fsp3) is 0.500. The van der Waals surface area contributed by atoms with Gasteiger partial charge in [0.05, 0.1) is 52.4 Å². The van der Waals surface area contributed by atoms with Crippen LogP contribution >= 0.6 is 15.9 Å². The van der Waals surface area contributed by atoms with E-state index in [9.17, 15) is 0 Å². The number of hydrogen-bond donors (Lipinski definition) is 1. The molecule has 2 rings (SSSR count). The fourth-order valence-electron chi connectivity index (χ4n) is 1.98. The molecule has 0 bridgehead atoms. The first-order chi connectivity index (χ1) is 11.8. The first-order valence-corrected chi connectivity index (χ1v) is 8.69. The molecule has 1 heterocycles. The SMILES string of the molecule is NCCOCCOCCOCCn1cc(-c2ccccc2Br)nn1. The Morgan fingerprint density at radius 3 is 2.33 bits per heavy atom. The number of benzene rings is 1. The maximum Gasteiger partial charge on any atom is 0.114 e. The van der Waals surface area contributed by atoms with Gasteiger partial charge >= 0.3 is 0 Å². The van der Waals surface area contributed by atoms with Crippen molar-refractivity contribution >= 4 is 15.9 Å². The van der Waals surface area contributed by atoms with Gasteiger partial charge in [-0.05, 0) is 6.07 Å². The predicted molar refractivity (Wildman–Crippen MR) is 94.7 cm³/mol. The van der Waals surface area contributed by atoms with Gasteiger partial charge < -0.3 is 19.9 Å². The molecule has 0 unspecified atom stereocenters. The Morgan fingerprint density at radius 1 is 0.958 bits per heavy atom. The quantitative estimate of drug-likeness (QED) is 0.547. The molecule has 1 aromatic carbocycles. The molecule has 0 spiro atoms. The van der Waals surface area contributed by atoms with Crippen LogP contribution in [0.15, 0.2) is 34.9 Å². The molecule has 0 aliphatic rings. The number of nitrogens with two attached hydrogens (primary N) is 1. The summed E-state index contributed by atoms with van der Waals surface area (Å²) in [6.45, 7) is 4.53. The predicted octanol–water partition coefficient (Wildman–Crippen LogP) is 1.72. The third-order valence-corrected chi connectivity index (χ3v) is 3.85. The van der Waals surface area contributed by atoms with Crippen LogP contribution in [0.5, 0.6) is 0 Å². The Morgan fingerprint density at radius 2 is 1.62 bits per heavy atom. The molecule has 132 valence electrons. The number of halogens is 1. The van der Waals surface area contributed by atoms with Gasteiger partial charge in [0.1, 0.15) is 5.69 Å². The van der Waals surface area contributed by atoms with Crippen molar-refractivity contribution in [2.75, 3.05) is 46.2 Å². The van der Waals surface area contributed by atoms with Crippen LogP contribution < -0.4 is 5.73 Å². The smallest absolute Gasteiger partial charge is 0.114 e. The lowest BCUT2D eigenvalue weighted by atomic mass is 10.2. The molecule has 0 saturated heterocycles. The van der Waals surface area contributed by atoms with E-state index < -0.39 is 0 Å². The van der Waals surface area contributed by atoms with Gasteiger partial charge in [0, 0.05) is 16.6 Å². The Kier molecular flexibility index (Phi) is 8.93. The second-order valence-corrected chi connectivity index (χ2v) is 5.83. The van der Waals surface area contributed by atoms with Crippen LogP contribution in [0, 0.1) is 0 Å². The van der Waals surface area contributed by atoms with Crippen molar-refractivity contribution in [3.05, 3.63) is 34.9 Å². The van der Waals surface area contributed by atoms with E-state index in [-0.39, 0.29) is 0 Å². The van der Waals surface area contributed by atoms with Crippen LogP contribution in [0.3, 0.4) is 0 Å². The van der Waals surface area contributed by atoms with E-state index in [0.717, 1.165) is 15.7 Å². The van der Waals surface area contributed by atoms with Crippen LogP contribution in [0.1, 0.15) is 0 Å². The second-order valence-electron chi connectivity index (χ2n) is 4.97. The average molecular weight is 399 g/mol. The van der Waals surface area contributed by atoms with E-state index in [1.807, 2.05) is 30.5 Å². The van der Waals surface area contributed by atoms with Crippen molar-refractivity contribution in [3.8, 4) is 11.3 Å². The molecule has 0 radical (unpaired) electrons. The molecule has 0 amide bonds. The Balaban J connectivity index is 1.58. The highest BCUT2D eigenvalue weighted by Gasteiger charge is 2.06. The molecule has 2 N–H and O–H groups in total. The summed E-state index contributed by atoms with van der Waals surface area (Å²) < 4.78 is 18.9. The van der Waals surface area contributed by atoms with Crippen LogP contribution in [-0.4, -0.2) is 61.2 Å². The molecule has 2 aromatic rings. The van der Waals surface area contributed by atoms with Crippen molar-refractivity contribution in [3.63, 3.8) is 0 Å².